The van der Waals surface area contributed by atoms with Gasteiger partial charge in [-0.3, -0.25) is 4.79 Å². The van der Waals surface area contributed by atoms with Gasteiger partial charge in [-0.15, -0.1) is 0 Å². The van der Waals surface area contributed by atoms with Crippen molar-refractivity contribution >= 4 is 23.5 Å². The van der Waals surface area contributed by atoms with Crippen molar-refractivity contribution in [3.63, 3.8) is 0 Å². The number of benzene rings is 1. The molecule has 0 saturated carbocycles. The number of amides is 1. The largest absolute Gasteiger partial charge is 0.369 e. The quantitative estimate of drug-likeness (QED) is 0.849. The van der Waals surface area contributed by atoms with Crippen molar-refractivity contribution < 1.29 is 4.79 Å². The molecule has 2 N–H and O–H groups in total. The van der Waals surface area contributed by atoms with E-state index in [1.165, 1.54) is 11.8 Å². The molecule has 1 saturated heterocycles. The van der Waals surface area contributed by atoms with Crippen LogP contribution in [0.25, 0.3) is 0 Å². The average Bonchev–Trinajstić information content (AvgIpc) is 2.62. The zero-order valence-corrected chi connectivity index (χ0v) is 14.4. The Morgan fingerprint density at radius 1 is 1.32 bits per heavy atom. The van der Waals surface area contributed by atoms with E-state index in [9.17, 15) is 4.79 Å². The number of nitrogens with zero attached hydrogens (tertiary/aromatic N) is 4. The summed E-state index contributed by atoms with van der Waals surface area (Å²) in [6.07, 6.45) is 3.70. The predicted octanol–water partition coefficient (Wildman–Crippen LogP) is 2.41. The lowest BCUT2D eigenvalue weighted by Crippen LogP contribution is -2.34. The monoisotopic (exact) mass is 355 g/mol. The van der Waals surface area contributed by atoms with Crippen molar-refractivity contribution in [1.29, 1.82) is 5.26 Å². The summed E-state index contributed by atoms with van der Waals surface area (Å²) in [5, 5.41) is 9.09. The van der Waals surface area contributed by atoms with Gasteiger partial charge >= 0.3 is 0 Å². The Morgan fingerprint density at radius 3 is 2.56 bits per heavy atom. The molecule has 0 atom stereocenters. The van der Waals surface area contributed by atoms with Crippen molar-refractivity contribution in [3.8, 4) is 6.07 Å². The molecule has 3 rings (SSSR count). The summed E-state index contributed by atoms with van der Waals surface area (Å²) in [4.78, 5) is 21.5. The Hall–Kier alpha value is -2.65. The molecule has 0 bridgehead atoms. The van der Waals surface area contributed by atoms with Crippen LogP contribution in [0.2, 0.25) is 5.15 Å². The standard InChI is InChI=1S/C18H18ClN5O/c19-17-15(10-20)11-22-18(23-17)24-7-5-14(6-8-24)13-3-1-12(2-4-13)9-16(21)25/h1-4,11,14H,5-9H2,(H2,21,25). The number of nitrogens with two attached hydrogens (primary N) is 1. The van der Waals surface area contributed by atoms with Crippen LogP contribution in [0.4, 0.5) is 5.95 Å². The van der Waals surface area contributed by atoms with E-state index in [1.54, 1.807) is 0 Å². The fraction of sp³-hybridized carbons (Fsp3) is 0.333. The lowest BCUT2D eigenvalue weighted by molar-refractivity contribution is -0.117. The first-order valence-electron chi connectivity index (χ1n) is 8.11. The van der Waals surface area contributed by atoms with Crippen LogP contribution in [-0.4, -0.2) is 29.0 Å². The van der Waals surface area contributed by atoms with Gasteiger partial charge in [0.05, 0.1) is 12.6 Å². The van der Waals surface area contributed by atoms with Crippen LogP contribution < -0.4 is 10.6 Å². The zero-order chi connectivity index (χ0) is 17.8. The first kappa shape index (κ1) is 17.2. The SMILES string of the molecule is N#Cc1cnc(N2CCC(c3ccc(CC(N)=O)cc3)CC2)nc1Cl. The van der Waals surface area contributed by atoms with Crippen molar-refractivity contribution in [2.75, 3.05) is 18.0 Å². The average molecular weight is 356 g/mol. The second kappa shape index (κ2) is 7.49. The highest BCUT2D eigenvalue weighted by molar-refractivity contribution is 6.30. The van der Waals surface area contributed by atoms with E-state index in [2.05, 4.69) is 27.0 Å². The Kier molecular flexibility index (Phi) is 5.15. The van der Waals surface area contributed by atoms with Crippen LogP contribution >= 0.6 is 11.6 Å². The van der Waals surface area contributed by atoms with Gasteiger partial charge in [-0.05, 0) is 29.9 Å². The summed E-state index contributed by atoms with van der Waals surface area (Å²) in [6, 6.07) is 10.1. The van der Waals surface area contributed by atoms with Crippen molar-refractivity contribution in [2.24, 2.45) is 5.73 Å². The molecule has 1 amide bonds. The third-order valence-electron chi connectivity index (χ3n) is 4.46. The summed E-state index contributed by atoms with van der Waals surface area (Å²) in [5.74, 6) is 0.717. The third-order valence-corrected chi connectivity index (χ3v) is 4.75. The Morgan fingerprint density at radius 2 is 2.00 bits per heavy atom. The highest BCUT2D eigenvalue weighted by atomic mass is 35.5. The molecule has 1 aliphatic rings. The Labute approximate surface area is 151 Å². The number of carbonyl (C=O) groups excluding carboxylic acids is 1. The summed E-state index contributed by atoms with van der Waals surface area (Å²) in [6.45, 7) is 1.66. The smallest absolute Gasteiger partial charge is 0.226 e. The van der Waals surface area contributed by atoms with E-state index in [-0.39, 0.29) is 23.0 Å². The van der Waals surface area contributed by atoms with Crippen LogP contribution in [0.5, 0.6) is 0 Å². The molecule has 1 aromatic heterocycles. The minimum absolute atomic E-state index is 0.194. The normalized spacial score (nSPS) is 15.0. The Bertz CT molecular complexity index is 807. The number of hydrogen-bond acceptors (Lipinski definition) is 5. The Balaban J connectivity index is 1.63. The number of piperidine rings is 1. The van der Waals surface area contributed by atoms with Crippen LogP contribution in [0.1, 0.15) is 35.4 Å². The summed E-state index contributed by atoms with van der Waals surface area (Å²) in [7, 11) is 0. The second-order valence-corrected chi connectivity index (χ2v) is 6.49. The molecule has 0 spiro atoms. The highest BCUT2D eigenvalue weighted by Crippen LogP contribution is 2.30. The van der Waals surface area contributed by atoms with Gasteiger partial charge in [0.2, 0.25) is 11.9 Å². The highest BCUT2D eigenvalue weighted by Gasteiger charge is 2.22. The van der Waals surface area contributed by atoms with Crippen LogP contribution in [0, 0.1) is 11.3 Å². The second-order valence-electron chi connectivity index (χ2n) is 6.13. The first-order chi connectivity index (χ1) is 12.1. The summed E-state index contributed by atoms with van der Waals surface area (Å²) >= 11 is 5.99. The van der Waals surface area contributed by atoms with Gasteiger partial charge in [0.25, 0.3) is 0 Å². The number of aromatic nitrogens is 2. The van der Waals surface area contributed by atoms with Gasteiger partial charge in [0.1, 0.15) is 11.6 Å². The molecule has 2 heterocycles. The number of carbonyl (C=O) groups is 1. The predicted molar refractivity (Wildman–Crippen MR) is 95.3 cm³/mol. The lowest BCUT2D eigenvalue weighted by atomic mass is 9.89. The molecule has 1 aromatic carbocycles. The van der Waals surface area contributed by atoms with E-state index in [1.807, 2.05) is 18.2 Å². The molecule has 6 nitrogen and oxygen atoms in total. The van der Waals surface area contributed by atoms with Crippen LogP contribution in [0.15, 0.2) is 30.5 Å². The van der Waals surface area contributed by atoms with Gasteiger partial charge in [-0.2, -0.15) is 10.2 Å². The van der Waals surface area contributed by atoms with Crippen molar-refractivity contribution in [3.05, 3.63) is 52.3 Å². The molecule has 0 unspecified atom stereocenters. The van der Waals surface area contributed by atoms with Crippen molar-refractivity contribution in [1.82, 2.24) is 9.97 Å². The summed E-state index contributed by atoms with van der Waals surface area (Å²) in [5.41, 5.74) is 7.72. The molecule has 128 valence electrons. The first-order valence-corrected chi connectivity index (χ1v) is 8.49. The number of halogens is 1. The zero-order valence-electron chi connectivity index (χ0n) is 13.7. The van der Waals surface area contributed by atoms with Gasteiger partial charge in [-0.25, -0.2) is 4.98 Å². The topological polar surface area (TPSA) is 95.9 Å². The maximum atomic E-state index is 11.0. The molecule has 0 radical (unpaired) electrons. The van der Waals surface area contributed by atoms with Gasteiger partial charge in [0.15, 0.2) is 5.15 Å². The minimum atomic E-state index is -0.317. The van der Waals surface area contributed by atoms with E-state index < -0.39 is 0 Å². The molecule has 7 heteroatoms. The van der Waals surface area contributed by atoms with E-state index in [0.29, 0.717) is 11.9 Å². The fourth-order valence-electron chi connectivity index (χ4n) is 3.10. The van der Waals surface area contributed by atoms with Crippen molar-refractivity contribution in [2.45, 2.75) is 25.2 Å². The van der Waals surface area contributed by atoms with E-state index in [0.717, 1.165) is 31.5 Å². The maximum absolute atomic E-state index is 11.0. The van der Waals surface area contributed by atoms with Gasteiger partial charge in [-0.1, -0.05) is 35.9 Å². The molecular weight excluding hydrogens is 338 g/mol. The van der Waals surface area contributed by atoms with Crippen LogP contribution in [0.3, 0.4) is 0 Å². The molecule has 25 heavy (non-hydrogen) atoms. The number of hydrogen-bond donors (Lipinski definition) is 1. The van der Waals surface area contributed by atoms with Gasteiger partial charge in [0, 0.05) is 13.1 Å². The third kappa shape index (κ3) is 4.06. The van der Waals surface area contributed by atoms with E-state index >= 15 is 0 Å². The minimum Gasteiger partial charge on any atom is -0.369 e. The fourth-order valence-corrected chi connectivity index (χ4v) is 3.27. The number of nitriles is 1. The molecule has 2 aromatic rings. The van der Waals surface area contributed by atoms with Crippen LogP contribution in [-0.2, 0) is 11.2 Å². The summed E-state index contributed by atoms with van der Waals surface area (Å²) < 4.78 is 0. The number of primary amides is 1. The van der Waals surface area contributed by atoms with E-state index in [4.69, 9.17) is 22.6 Å². The van der Waals surface area contributed by atoms with Gasteiger partial charge < -0.3 is 10.6 Å². The lowest BCUT2D eigenvalue weighted by Gasteiger charge is -2.32. The molecular formula is C18H18ClN5O. The number of anilines is 1. The molecule has 0 aliphatic carbocycles. The number of rotatable bonds is 4. The molecule has 1 aliphatic heterocycles. The maximum Gasteiger partial charge on any atom is 0.226 e. The molecule has 1 fully saturated rings.